The molecule has 0 aromatic heterocycles. The summed E-state index contributed by atoms with van der Waals surface area (Å²) in [4.78, 5) is 11.4. The SMILES string of the molecule is CC/C(=C/CNc1ccc(Cl)cc1Br)C(=O)OC. The van der Waals surface area contributed by atoms with Gasteiger partial charge in [0.15, 0.2) is 0 Å². The molecule has 1 aromatic rings. The van der Waals surface area contributed by atoms with Gasteiger partial charge in [-0.05, 0) is 40.5 Å². The van der Waals surface area contributed by atoms with Gasteiger partial charge in [-0.3, -0.25) is 0 Å². The molecular weight excluding hydrogens is 318 g/mol. The van der Waals surface area contributed by atoms with Crippen LogP contribution >= 0.6 is 27.5 Å². The summed E-state index contributed by atoms with van der Waals surface area (Å²) in [5.74, 6) is -0.283. The van der Waals surface area contributed by atoms with Crippen LogP contribution in [0, 0.1) is 0 Å². The maximum absolute atomic E-state index is 11.4. The molecule has 0 unspecified atom stereocenters. The number of ether oxygens (including phenoxy) is 1. The fourth-order valence-electron chi connectivity index (χ4n) is 1.42. The lowest BCUT2D eigenvalue weighted by atomic mass is 10.2. The summed E-state index contributed by atoms with van der Waals surface area (Å²) in [5.41, 5.74) is 1.59. The largest absolute Gasteiger partial charge is 0.466 e. The second-order valence-corrected chi connectivity index (χ2v) is 4.87. The van der Waals surface area contributed by atoms with Gasteiger partial charge in [0.1, 0.15) is 0 Å². The zero-order valence-corrected chi connectivity index (χ0v) is 12.6. The van der Waals surface area contributed by atoms with Crippen molar-refractivity contribution in [2.24, 2.45) is 0 Å². The Kier molecular flexibility index (Phi) is 6.22. The van der Waals surface area contributed by atoms with Crippen LogP contribution in [0.5, 0.6) is 0 Å². The number of carbonyl (C=O) groups excluding carboxylic acids is 1. The van der Waals surface area contributed by atoms with Gasteiger partial charge in [0.2, 0.25) is 0 Å². The topological polar surface area (TPSA) is 38.3 Å². The molecule has 0 saturated carbocycles. The molecule has 18 heavy (non-hydrogen) atoms. The maximum Gasteiger partial charge on any atom is 0.333 e. The average Bonchev–Trinajstić information content (AvgIpc) is 2.36. The van der Waals surface area contributed by atoms with E-state index in [0.717, 1.165) is 10.2 Å². The van der Waals surface area contributed by atoms with Gasteiger partial charge in [0, 0.05) is 27.3 Å². The molecule has 5 heteroatoms. The number of hydrogen-bond donors (Lipinski definition) is 1. The Hall–Kier alpha value is -1.00. The molecule has 0 aliphatic carbocycles. The Balaban J connectivity index is 2.65. The van der Waals surface area contributed by atoms with Crippen LogP contribution in [-0.2, 0) is 9.53 Å². The first kappa shape index (κ1) is 15.1. The highest BCUT2D eigenvalue weighted by atomic mass is 79.9. The minimum absolute atomic E-state index is 0.283. The molecule has 0 heterocycles. The molecule has 0 radical (unpaired) electrons. The number of hydrogen-bond acceptors (Lipinski definition) is 3. The Bertz CT molecular complexity index is 460. The first-order valence-electron chi connectivity index (χ1n) is 5.54. The number of methoxy groups -OCH3 is 1. The van der Waals surface area contributed by atoms with Gasteiger partial charge >= 0.3 is 5.97 Å². The van der Waals surface area contributed by atoms with Crippen LogP contribution in [0.25, 0.3) is 0 Å². The van der Waals surface area contributed by atoms with Crippen molar-refractivity contribution in [3.8, 4) is 0 Å². The lowest BCUT2D eigenvalue weighted by Crippen LogP contribution is -2.07. The lowest BCUT2D eigenvalue weighted by molar-refractivity contribution is -0.136. The van der Waals surface area contributed by atoms with Gasteiger partial charge in [-0.15, -0.1) is 0 Å². The number of anilines is 1. The monoisotopic (exact) mass is 331 g/mol. The molecule has 0 atom stereocenters. The highest BCUT2D eigenvalue weighted by molar-refractivity contribution is 9.10. The van der Waals surface area contributed by atoms with Crippen molar-refractivity contribution in [1.29, 1.82) is 0 Å². The Morgan fingerprint density at radius 1 is 1.56 bits per heavy atom. The van der Waals surface area contributed by atoms with Crippen LogP contribution in [0.4, 0.5) is 5.69 Å². The van der Waals surface area contributed by atoms with Crippen molar-refractivity contribution in [2.45, 2.75) is 13.3 Å². The normalized spacial score (nSPS) is 11.2. The molecule has 98 valence electrons. The molecular formula is C13H15BrClNO2. The third kappa shape index (κ3) is 4.35. The molecule has 0 amide bonds. The molecule has 1 aromatic carbocycles. The minimum atomic E-state index is -0.283. The molecule has 0 saturated heterocycles. The van der Waals surface area contributed by atoms with Crippen LogP contribution in [0.3, 0.4) is 0 Å². The van der Waals surface area contributed by atoms with Crippen molar-refractivity contribution < 1.29 is 9.53 Å². The van der Waals surface area contributed by atoms with Crippen LogP contribution < -0.4 is 5.32 Å². The van der Waals surface area contributed by atoms with E-state index < -0.39 is 0 Å². The number of rotatable bonds is 5. The Morgan fingerprint density at radius 3 is 2.83 bits per heavy atom. The van der Waals surface area contributed by atoms with Gasteiger partial charge in [0.25, 0.3) is 0 Å². The third-order valence-corrected chi connectivity index (χ3v) is 3.29. The summed E-state index contributed by atoms with van der Waals surface area (Å²) < 4.78 is 5.57. The fraction of sp³-hybridized carbons (Fsp3) is 0.308. The smallest absolute Gasteiger partial charge is 0.333 e. The Morgan fingerprint density at radius 2 is 2.28 bits per heavy atom. The second-order valence-electron chi connectivity index (χ2n) is 3.58. The zero-order valence-electron chi connectivity index (χ0n) is 10.3. The molecule has 0 aliphatic rings. The summed E-state index contributed by atoms with van der Waals surface area (Å²) >= 11 is 9.27. The number of benzene rings is 1. The van der Waals surface area contributed by atoms with E-state index in [2.05, 4.69) is 26.0 Å². The highest BCUT2D eigenvalue weighted by Crippen LogP contribution is 2.25. The van der Waals surface area contributed by atoms with Gasteiger partial charge < -0.3 is 10.1 Å². The lowest BCUT2D eigenvalue weighted by Gasteiger charge is -2.07. The van der Waals surface area contributed by atoms with Crippen molar-refractivity contribution in [1.82, 2.24) is 0 Å². The fourth-order valence-corrected chi connectivity index (χ4v) is 2.24. The highest BCUT2D eigenvalue weighted by Gasteiger charge is 2.06. The molecule has 0 bridgehead atoms. The predicted molar refractivity (Wildman–Crippen MR) is 78.0 cm³/mol. The van der Waals surface area contributed by atoms with Crippen LogP contribution in [0.1, 0.15) is 13.3 Å². The van der Waals surface area contributed by atoms with Gasteiger partial charge in [-0.25, -0.2) is 4.79 Å². The van der Waals surface area contributed by atoms with E-state index >= 15 is 0 Å². The quantitative estimate of drug-likeness (QED) is 0.653. The number of esters is 1. The van der Waals surface area contributed by atoms with Crippen molar-refractivity contribution in [3.63, 3.8) is 0 Å². The van der Waals surface area contributed by atoms with Crippen LogP contribution in [0.2, 0.25) is 5.02 Å². The maximum atomic E-state index is 11.4. The average molecular weight is 333 g/mol. The predicted octanol–water partition coefficient (Wildman–Crippen LogP) is 4.02. The molecule has 1 N–H and O–H groups in total. The van der Waals surface area contributed by atoms with Gasteiger partial charge in [0.05, 0.1) is 7.11 Å². The Labute approximate surface area is 120 Å². The molecule has 0 fully saturated rings. The summed E-state index contributed by atoms with van der Waals surface area (Å²) in [6.45, 7) is 2.47. The van der Waals surface area contributed by atoms with Crippen LogP contribution in [-0.4, -0.2) is 19.6 Å². The minimum Gasteiger partial charge on any atom is -0.466 e. The zero-order chi connectivity index (χ0) is 13.5. The van der Waals surface area contributed by atoms with E-state index in [1.165, 1.54) is 7.11 Å². The summed E-state index contributed by atoms with van der Waals surface area (Å²) in [7, 11) is 1.38. The molecule has 0 spiro atoms. The number of carbonyl (C=O) groups is 1. The van der Waals surface area contributed by atoms with Gasteiger partial charge in [-0.1, -0.05) is 24.6 Å². The number of halogens is 2. The van der Waals surface area contributed by atoms with Gasteiger partial charge in [-0.2, -0.15) is 0 Å². The van der Waals surface area contributed by atoms with E-state index in [4.69, 9.17) is 11.6 Å². The first-order valence-corrected chi connectivity index (χ1v) is 6.71. The third-order valence-electron chi connectivity index (χ3n) is 2.40. The van der Waals surface area contributed by atoms with E-state index in [0.29, 0.717) is 23.6 Å². The van der Waals surface area contributed by atoms with E-state index in [1.54, 1.807) is 6.07 Å². The molecule has 1 rings (SSSR count). The second kappa shape index (κ2) is 7.44. The van der Waals surface area contributed by atoms with E-state index in [9.17, 15) is 4.79 Å². The summed E-state index contributed by atoms with van der Waals surface area (Å²) in [5, 5.41) is 3.87. The van der Waals surface area contributed by atoms with E-state index in [-0.39, 0.29) is 5.97 Å². The van der Waals surface area contributed by atoms with Crippen molar-refractivity contribution >= 4 is 39.2 Å². The molecule has 3 nitrogen and oxygen atoms in total. The van der Waals surface area contributed by atoms with Crippen molar-refractivity contribution in [3.05, 3.63) is 39.3 Å². The van der Waals surface area contributed by atoms with Crippen LogP contribution in [0.15, 0.2) is 34.3 Å². The number of nitrogens with one attached hydrogen (secondary N) is 1. The van der Waals surface area contributed by atoms with E-state index in [1.807, 2.05) is 25.1 Å². The standard InChI is InChI=1S/C13H15BrClNO2/c1-3-9(13(17)18-2)6-7-16-12-5-4-10(15)8-11(12)14/h4-6,8,16H,3,7H2,1-2H3/b9-6-. The summed E-state index contributed by atoms with van der Waals surface area (Å²) in [6, 6.07) is 5.50. The summed E-state index contributed by atoms with van der Waals surface area (Å²) in [6.07, 6.45) is 2.48. The first-order chi connectivity index (χ1) is 8.58. The molecule has 0 aliphatic heterocycles. The van der Waals surface area contributed by atoms with Crippen molar-refractivity contribution in [2.75, 3.05) is 19.0 Å².